The van der Waals surface area contributed by atoms with Crippen LogP contribution in [0.2, 0.25) is 0 Å². The second kappa shape index (κ2) is 10.7. The van der Waals surface area contributed by atoms with E-state index in [0.717, 1.165) is 22.6 Å². The highest BCUT2D eigenvalue weighted by Crippen LogP contribution is 2.39. The molecule has 170 valence electrons. The van der Waals surface area contributed by atoms with Crippen LogP contribution in [0, 0.1) is 6.92 Å². The second-order valence-electron chi connectivity index (χ2n) is 7.00. The Hall–Kier alpha value is -2.71. The van der Waals surface area contributed by atoms with Gasteiger partial charge < -0.3 is 19.0 Å². The molecule has 0 aromatic heterocycles. The summed E-state index contributed by atoms with van der Waals surface area (Å²) < 4.78 is 42.6. The van der Waals surface area contributed by atoms with Crippen LogP contribution in [-0.2, 0) is 16.7 Å². The first-order chi connectivity index (χ1) is 15.3. The Morgan fingerprint density at radius 3 is 2.19 bits per heavy atom. The van der Waals surface area contributed by atoms with Crippen molar-refractivity contribution in [2.24, 2.45) is 0 Å². The molecule has 1 N–H and O–H groups in total. The van der Waals surface area contributed by atoms with Gasteiger partial charge >= 0.3 is 10.1 Å². The maximum Gasteiger partial charge on any atom is 0.339 e. The molecule has 6 nitrogen and oxygen atoms in total. The van der Waals surface area contributed by atoms with Crippen molar-refractivity contribution in [3.05, 3.63) is 76.3 Å². The Kier molecular flexibility index (Phi) is 8.04. The minimum Gasteiger partial charge on any atom is -0.494 e. The van der Waals surface area contributed by atoms with Crippen molar-refractivity contribution in [2.75, 3.05) is 18.5 Å². The molecule has 3 rings (SSSR count). The van der Waals surface area contributed by atoms with Gasteiger partial charge in [0.2, 0.25) is 0 Å². The van der Waals surface area contributed by atoms with Crippen molar-refractivity contribution in [3.63, 3.8) is 0 Å². The monoisotopic (exact) mass is 519 g/mol. The van der Waals surface area contributed by atoms with E-state index < -0.39 is 10.1 Å². The van der Waals surface area contributed by atoms with E-state index in [2.05, 4.69) is 21.2 Å². The highest BCUT2D eigenvalue weighted by atomic mass is 79.9. The third-order valence-electron chi connectivity index (χ3n) is 4.53. The first-order valence-electron chi connectivity index (χ1n) is 10.3. The Bertz CT molecular complexity index is 1150. The van der Waals surface area contributed by atoms with Gasteiger partial charge in [0.1, 0.15) is 10.6 Å². The minimum atomic E-state index is -4.01. The van der Waals surface area contributed by atoms with Crippen LogP contribution in [0.4, 0.5) is 5.69 Å². The summed E-state index contributed by atoms with van der Waals surface area (Å²) in [5.74, 6) is 1.29. The summed E-state index contributed by atoms with van der Waals surface area (Å²) in [7, 11) is -4.01. The molecule has 0 spiro atoms. The lowest BCUT2D eigenvalue weighted by molar-refractivity contribution is 0.326. The fourth-order valence-electron chi connectivity index (χ4n) is 2.97. The van der Waals surface area contributed by atoms with Crippen LogP contribution >= 0.6 is 15.9 Å². The van der Waals surface area contributed by atoms with Crippen LogP contribution in [0.25, 0.3) is 0 Å². The van der Waals surface area contributed by atoms with Gasteiger partial charge in [0.25, 0.3) is 0 Å². The third-order valence-corrected chi connectivity index (χ3v) is 6.36. The van der Waals surface area contributed by atoms with E-state index in [4.69, 9.17) is 13.7 Å². The van der Waals surface area contributed by atoms with Crippen LogP contribution in [0.3, 0.4) is 0 Å². The average molecular weight is 520 g/mol. The van der Waals surface area contributed by atoms with Crippen molar-refractivity contribution >= 4 is 31.7 Å². The molecule has 0 saturated carbocycles. The van der Waals surface area contributed by atoms with Crippen LogP contribution in [0.15, 0.2) is 70.0 Å². The molecule has 0 fully saturated rings. The minimum absolute atomic E-state index is 0.0821. The highest BCUT2D eigenvalue weighted by molar-refractivity contribution is 9.10. The number of anilines is 1. The van der Waals surface area contributed by atoms with Gasteiger partial charge in [-0.2, -0.15) is 8.42 Å². The summed E-state index contributed by atoms with van der Waals surface area (Å²) in [4.78, 5) is 0.0821. The maximum atomic E-state index is 12.8. The molecule has 3 aromatic carbocycles. The summed E-state index contributed by atoms with van der Waals surface area (Å²) >= 11 is 3.44. The third kappa shape index (κ3) is 6.17. The molecule has 0 bridgehead atoms. The summed E-state index contributed by atoms with van der Waals surface area (Å²) in [6.45, 7) is 7.16. The molecule has 0 aliphatic heterocycles. The SMILES string of the molecule is CCOc1ccc(NCc2cc(Br)c(OS(=O)(=O)c3ccc(C)cc3)c(OCC)c2)cc1. The van der Waals surface area contributed by atoms with Crippen molar-refractivity contribution in [3.8, 4) is 17.2 Å². The zero-order valence-electron chi connectivity index (χ0n) is 18.2. The van der Waals surface area contributed by atoms with Gasteiger partial charge in [-0.3, -0.25) is 0 Å². The second-order valence-corrected chi connectivity index (χ2v) is 9.40. The lowest BCUT2D eigenvalue weighted by atomic mass is 10.2. The van der Waals surface area contributed by atoms with Crippen molar-refractivity contribution in [1.29, 1.82) is 0 Å². The summed E-state index contributed by atoms with van der Waals surface area (Å²) in [6, 6.07) is 17.8. The first kappa shape index (κ1) is 23.9. The molecule has 3 aromatic rings. The Morgan fingerprint density at radius 2 is 1.56 bits per heavy atom. The maximum absolute atomic E-state index is 12.8. The van der Waals surface area contributed by atoms with Gasteiger partial charge in [0.15, 0.2) is 11.5 Å². The molecule has 32 heavy (non-hydrogen) atoms. The van der Waals surface area contributed by atoms with E-state index in [0.29, 0.717) is 30.0 Å². The number of aryl methyl sites for hydroxylation is 1. The van der Waals surface area contributed by atoms with E-state index >= 15 is 0 Å². The lowest BCUT2D eigenvalue weighted by Crippen LogP contribution is -2.12. The molecule has 0 atom stereocenters. The smallest absolute Gasteiger partial charge is 0.339 e. The molecular weight excluding hydrogens is 494 g/mol. The fraction of sp³-hybridized carbons (Fsp3) is 0.250. The summed E-state index contributed by atoms with van der Waals surface area (Å²) in [5.41, 5.74) is 2.80. The Balaban J connectivity index is 1.80. The molecule has 0 aliphatic rings. The number of rotatable bonds is 10. The van der Waals surface area contributed by atoms with Gasteiger partial charge in [-0.05, 0) is 90.8 Å². The number of benzene rings is 3. The van der Waals surface area contributed by atoms with E-state index in [-0.39, 0.29) is 10.6 Å². The number of nitrogens with one attached hydrogen (secondary N) is 1. The van der Waals surface area contributed by atoms with Gasteiger partial charge in [-0.1, -0.05) is 17.7 Å². The zero-order valence-corrected chi connectivity index (χ0v) is 20.6. The van der Waals surface area contributed by atoms with Gasteiger partial charge in [0, 0.05) is 12.2 Å². The standard InChI is InChI=1S/C24H26BrNO5S/c1-4-29-20-10-8-19(9-11-20)26-16-18-14-22(25)24(23(15-18)30-5-2)31-32(27,28)21-12-6-17(3)7-13-21/h6-15,26H,4-5,16H2,1-3H3. The van der Waals surface area contributed by atoms with Crippen LogP contribution in [0.1, 0.15) is 25.0 Å². The zero-order chi connectivity index (χ0) is 23.1. The summed E-state index contributed by atoms with van der Waals surface area (Å²) in [6.07, 6.45) is 0. The summed E-state index contributed by atoms with van der Waals surface area (Å²) in [5, 5.41) is 3.33. The van der Waals surface area contributed by atoms with Crippen molar-refractivity contribution in [2.45, 2.75) is 32.2 Å². The predicted octanol–water partition coefficient (Wildman–Crippen LogP) is 5.93. The topological polar surface area (TPSA) is 73.9 Å². The quantitative estimate of drug-likeness (QED) is 0.334. The van der Waals surface area contributed by atoms with Crippen molar-refractivity contribution in [1.82, 2.24) is 0 Å². The molecule has 0 aliphatic carbocycles. The van der Waals surface area contributed by atoms with Gasteiger partial charge in [0.05, 0.1) is 17.7 Å². The van der Waals surface area contributed by atoms with E-state index in [9.17, 15) is 8.42 Å². The first-order valence-corrected chi connectivity index (χ1v) is 12.5. The van der Waals surface area contributed by atoms with Gasteiger partial charge in [-0.25, -0.2) is 0 Å². The van der Waals surface area contributed by atoms with Crippen LogP contribution < -0.4 is 19.0 Å². The molecule has 0 radical (unpaired) electrons. The van der Waals surface area contributed by atoms with Crippen LogP contribution in [-0.4, -0.2) is 21.6 Å². The largest absolute Gasteiger partial charge is 0.494 e. The lowest BCUT2D eigenvalue weighted by Gasteiger charge is -2.16. The molecular formula is C24H26BrNO5S. The van der Waals surface area contributed by atoms with Gasteiger partial charge in [-0.15, -0.1) is 0 Å². The van der Waals surface area contributed by atoms with Crippen LogP contribution in [0.5, 0.6) is 17.2 Å². The molecule has 0 unspecified atom stereocenters. The van der Waals surface area contributed by atoms with E-state index in [1.165, 1.54) is 12.1 Å². The molecule has 0 amide bonds. The fourth-order valence-corrected chi connectivity index (χ4v) is 4.60. The highest BCUT2D eigenvalue weighted by Gasteiger charge is 2.22. The molecule has 8 heteroatoms. The van der Waals surface area contributed by atoms with E-state index in [1.54, 1.807) is 18.2 Å². The van der Waals surface area contributed by atoms with E-state index in [1.807, 2.05) is 51.1 Å². The number of hydrogen-bond acceptors (Lipinski definition) is 6. The average Bonchev–Trinajstić information content (AvgIpc) is 2.76. The number of hydrogen-bond donors (Lipinski definition) is 1. The number of ether oxygens (including phenoxy) is 2. The Labute approximate surface area is 197 Å². The number of halogens is 1. The molecule has 0 saturated heterocycles. The Morgan fingerprint density at radius 1 is 0.906 bits per heavy atom. The normalized spacial score (nSPS) is 11.1. The van der Waals surface area contributed by atoms with Crippen molar-refractivity contribution < 1.29 is 22.1 Å². The predicted molar refractivity (Wildman–Crippen MR) is 129 cm³/mol. The molecule has 0 heterocycles.